The lowest BCUT2D eigenvalue weighted by Gasteiger charge is -2.15. The fourth-order valence-corrected chi connectivity index (χ4v) is 3.70. The molecule has 1 aromatic heterocycles. The summed E-state index contributed by atoms with van der Waals surface area (Å²) in [7, 11) is 1.74. The van der Waals surface area contributed by atoms with Gasteiger partial charge in [0.1, 0.15) is 0 Å². The lowest BCUT2D eigenvalue weighted by molar-refractivity contribution is 0.331. The van der Waals surface area contributed by atoms with E-state index in [1.54, 1.807) is 19.2 Å². The lowest BCUT2D eigenvalue weighted by atomic mass is 10.1. The van der Waals surface area contributed by atoms with Gasteiger partial charge in [0.25, 0.3) is 0 Å². The van der Waals surface area contributed by atoms with E-state index in [1.165, 1.54) is 37.1 Å². The van der Waals surface area contributed by atoms with Crippen molar-refractivity contribution in [1.29, 1.82) is 0 Å². The second-order valence-corrected chi connectivity index (χ2v) is 8.03. The summed E-state index contributed by atoms with van der Waals surface area (Å²) in [5.41, 5.74) is 3.42. The summed E-state index contributed by atoms with van der Waals surface area (Å²) in [6, 6.07) is 16.1. The van der Waals surface area contributed by atoms with Gasteiger partial charge in [0, 0.05) is 30.7 Å². The number of hydrogen-bond acceptors (Lipinski definition) is 5. The third kappa shape index (κ3) is 6.91. The van der Waals surface area contributed by atoms with Crippen LogP contribution in [0.5, 0.6) is 0 Å². The van der Waals surface area contributed by atoms with Crippen molar-refractivity contribution in [2.75, 3.05) is 20.1 Å². The number of benzene rings is 2. The van der Waals surface area contributed by atoms with Crippen molar-refractivity contribution < 1.29 is 4.52 Å². The van der Waals surface area contributed by atoms with Crippen LogP contribution in [0.1, 0.15) is 29.9 Å². The van der Waals surface area contributed by atoms with Crippen LogP contribution in [0.25, 0.3) is 11.4 Å². The Bertz CT molecular complexity index is 1000. The van der Waals surface area contributed by atoms with Crippen molar-refractivity contribution in [2.24, 2.45) is 4.99 Å². The molecule has 2 aromatic carbocycles. The van der Waals surface area contributed by atoms with E-state index in [2.05, 4.69) is 54.9 Å². The highest BCUT2D eigenvalue weighted by atomic mass is 127. The lowest BCUT2D eigenvalue weighted by Crippen LogP contribution is -2.36. The maximum Gasteiger partial charge on any atom is 0.246 e. The number of rotatable bonds is 7. The quantitative estimate of drug-likeness (QED) is 0.250. The normalized spacial score (nSPS) is 14.2. The van der Waals surface area contributed by atoms with Gasteiger partial charge in [-0.2, -0.15) is 4.98 Å². The molecule has 170 valence electrons. The topological polar surface area (TPSA) is 78.6 Å². The Morgan fingerprint density at radius 3 is 2.34 bits per heavy atom. The van der Waals surface area contributed by atoms with Crippen molar-refractivity contribution in [3.63, 3.8) is 0 Å². The van der Waals surface area contributed by atoms with Crippen LogP contribution in [-0.2, 0) is 19.6 Å². The highest BCUT2D eigenvalue weighted by Gasteiger charge is 2.12. The van der Waals surface area contributed by atoms with Gasteiger partial charge in [-0.15, -0.1) is 24.0 Å². The molecule has 0 unspecified atom stereocenters. The van der Waals surface area contributed by atoms with Crippen molar-refractivity contribution in [3.05, 3.63) is 70.6 Å². The number of likely N-dealkylation sites (tertiary alicyclic amines) is 1. The standard InChI is InChI=1S/C23H27ClN6O.HI/c1-25-23(26-14-17-4-6-18(7-5-17)16-30-12-2-3-13-30)27-15-21-28-22(29-31-21)19-8-10-20(24)11-9-19;/h4-11H,2-3,12-16H2,1H3,(H2,25,26,27);1H. The summed E-state index contributed by atoms with van der Waals surface area (Å²) >= 11 is 5.92. The molecule has 1 aliphatic rings. The monoisotopic (exact) mass is 566 g/mol. The number of aliphatic imine (C=N–C) groups is 1. The van der Waals surface area contributed by atoms with Gasteiger partial charge in [-0.05, 0) is 61.3 Å². The van der Waals surface area contributed by atoms with E-state index in [4.69, 9.17) is 16.1 Å². The van der Waals surface area contributed by atoms with Gasteiger partial charge in [0.05, 0.1) is 6.54 Å². The van der Waals surface area contributed by atoms with Gasteiger partial charge in [0.2, 0.25) is 11.7 Å². The molecule has 0 aliphatic carbocycles. The first-order chi connectivity index (χ1) is 15.2. The number of nitrogens with one attached hydrogen (secondary N) is 2. The minimum Gasteiger partial charge on any atom is -0.352 e. The van der Waals surface area contributed by atoms with E-state index < -0.39 is 0 Å². The summed E-state index contributed by atoms with van der Waals surface area (Å²) in [5, 5.41) is 11.2. The van der Waals surface area contributed by atoms with Crippen LogP contribution in [-0.4, -0.2) is 41.1 Å². The molecule has 32 heavy (non-hydrogen) atoms. The zero-order valence-corrected chi connectivity index (χ0v) is 21.1. The fourth-order valence-electron chi connectivity index (χ4n) is 3.57. The molecule has 4 rings (SSSR count). The molecule has 0 saturated carbocycles. The average Bonchev–Trinajstić information content (AvgIpc) is 3.48. The average molecular weight is 567 g/mol. The summed E-state index contributed by atoms with van der Waals surface area (Å²) in [6.07, 6.45) is 2.64. The van der Waals surface area contributed by atoms with E-state index in [9.17, 15) is 0 Å². The van der Waals surface area contributed by atoms with Crippen LogP contribution in [0, 0.1) is 0 Å². The molecule has 0 amide bonds. The SMILES string of the molecule is CN=C(NCc1ccc(CN2CCCC2)cc1)NCc1nc(-c2ccc(Cl)cc2)no1.I. The van der Waals surface area contributed by atoms with Gasteiger partial charge in [-0.25, -0.2) is 0 Å². The van der Waals surface area contributed by atoms with E-state index in [1.807, 2.05) is 12.1 Å². The van der Waals surface area contributed by atoms with E-state index >= 15 is 0 Å². The molecule has 2 N–H and O–H groups in total. The number of hydrogen-bond donors (Lipinski definition) is 2. The first-order valence-electron chi connectivity index (χ1n) is 10.5. The van der Waals surface area contributed by atoms with Crippen molar-refractivity contribution >= 4 is 41.5 Å². The second-order valence-electron chi connectivity index (χ2n) is 7.60. The van der Waals surface area contributed by atoms with E-state index in [-0.39, 0.29) is 24.0 Å². The molecule has 3 aromatic rings. The largest absolute Gasteiger partial charge is 0.352 e. The molecule has 9 heteroatoms. The van der Waals surface area contributed by atoms with Crippen molar-refractivity contribution in [1.82, 2.24) is 25.7 Å². The van der Waals surface area contributed by atoms with Crippen LogP contribution in [0.4, 0.5) is 0 Å². The molecule has 0 radical (unpaired) electrons. The maximum atomic E-state index is 5.92. The third-order valence-corrected chi connectivity index (χ3v) is 5.54. The molecule has 1 saturated heterocycles. The first kappa shape index (κ1) is 24.5. The maximum absolute atomic E-state index is 5.92. The van der Waals surface area contributed by atoms with Gasteiger partial charge < -0.3 is 15.2 Å². The Morgan fingerprint density at radius 2 is 1.66 bits per heavy atom. The third-order valence-electron chi connectivity index (χ3n) is 5.29. The van der Waals surface area contributed by atoms with Crippen LogP contribution in [0.3, 0.4) is 0 Å². The predicted molar refractivity (Wildman–Crippen MR) is 138 cm³/mol. The summed E-state index contributed by atoms with van der Waals surface area (Å²) in [6.45, 7) is 4.54. The number of nitrogens with zero attached hydrogens (tertiary/aromatic N) is 4. The van der Waals surface area contributed by atoms with Crippen molar-refractivity contribution in [3.8, 4) is 11.4 Å². The minimum absolute atomic E-state index is 0. The highest BCUT2D eigenvalue weighted by molar-refractivity contribution is 14.0. The van der Waals surface area contributed by atoms with Crippen molar-refractivity contribution in [2.45, 2.75) is 32.5 Å². The Kier molecular flexibility index (Phi) is 9.31. The molecule has 0 atom stereocenters. The minimum atomic E-state index is 0. The van der Waals surface area contributed by atoms with Gasteiger partial charge in [0.15, 0.2) is 5.96 Å². The van der Waals surface area contributed by atoms with Gasteiger partial charge in [-0.3, -0.25) is 9.89 Å². The highest BCUT2D eigenvalue weighted by Crippen LogP contribution is 2.18. The summed E-state index contributed by atoms with van der Waals surface area (Å²) < 4.78 is 5.33. The van der Waals surface area contributed by atoms with Gasteiger partial charge >= 0.3 is 0 Å². The van der Waals surface area contributed by atoms with E-state index in [0.29, 0.717) is 35.8 Å². The molecular weight excluding hydrogens is 539 g/mol. The molecule has 1 aliphatic heterocycles. The molecule has 0 bridgehead atoms. The smallest absolute Gasteiger partial charge is 0.246 e. The molecule has 7 nitrogen and oxygen atoms in total. The molecular formula is C23H28ClIN6O. The Hall–Kier alpha value is -2.17. The van der Waals surface area contributed by atoms with Gasteiger partial charge in [-0.1, -0.05) is 41.0 Å². The van der Waals surface area contributed by atoms with Crippen LogP contribution in [0.2, 0.25) is 5.02 Å². The summed E-state index contributed by atoms with van der Waals surface area (Å²) in [5.74, 6) is 1.69. The Labute approximate surface area is 210 Å². The second kappa shape index (κ2) is 12.2. The molecule has 2 heterocycles. The van der Waals surface area contributed by atoms with E-state index in [0.717, 1.165) is 12.1 Å². The van der Waals surface area contributed by atoms with Crippen LogP contribution < -0.4 is 10.6 Å². The molecule has 0 spiro atoms. The fraction of sp³-hybridized carbons (Fsp3) is 0.348. The Balaban J connectivity index is 0.00000289. The summed E-state index contributed by atoms with van der Waals surface area (Å²) in [4.78, 5) is 11.2. The number of guanidine groups is 1. The zero-order valence-electron chi connectivity index (χ0n) is 18.1. The number of aromatic nitrogens is 2. The van der Waals surface area contributed by atoms with Crippen LogP contribution in [0.15, 0.2) is 58.0 Å². The number of halogens is 2. The predicted octanol–water partition coefficient (Wildman–Crippen LogP) is 4.47. The molecule has 1 fully saturated rings. The zero-order chi connectivity index (χ0) is 21.5. The van der Waals surface area contributed by atoms with Crippen LogP contribution >= 0.6 is 35.6 Å². The Morgan fingerprint density at radius 1 is 1.00 bits per heavy atom. The first-order valence-corrected chi connectivity index (χ1v) is 10.9.